The zero-order valence-electron chi connectivity index (χ0n) is 10.6. The van der Waals surface area contributed by atoms with Gasteiger partial charge in [-0.1, -0.05) is 12.1 Å². The molecule has 6 heteroatoms. The predicted octanol–water partition coefficient (Wildman–Crippen LogP) is 1.42. The van der Waals surface area contributed by atoms with Gasteiger partial charge >= 0.3 is 10.2 Å². The molecule has 0 amide bonds. The maximum absolute atomic E-state index is 12.6. The SMILES string of the molecule is O=C1CCN(S(=O)(=O)N2CCCC2)c2ccccc21. The summed E-state index contributed by atoms with van der Waals surface area (Å²) >= 11 is 0. The van der Waals surface area contributed by atoms with E-state index in [1.807, 2.05) is 0 Å². The lowest BCUT2D eigenvalue weighted by molar-refractivity contribution is 0.0982. The number of hydrogen-bond donors (Lipinski definition) is 0. The number of para-hydroxylation sites is 1. The number of carbonyl (C=O) groups is 1. The van der Waals surface area contributed by atoms with Crippen LogP contribution in [0.15, 0.2) is 24.3 Å². The van der Waals surface area contributed by atoms with E-state index in [0.717, 1.165) is 12.8 Å². The molecular weight excluding hydrogens is 264 g/mol. The number of benzene rings is 1. The summed E-state index contributed by atoms with van der Waals surface area (Å²) in [5.74, 6) is 0.0171. The molecule has 0 radical (unpaired) electrons. The summed E-state index contributed by atoms with van der Waals surface area (Å²) in [4.78, 5) is 11.8. The first-order valence-electron chi connectivity index (χ1n) is 6.51. The van der Waals surface area contributed by atoms with Gasteiger partial charge in [-0.15, -0.1) is 0 Å². The number of fused-ring (bicyclic) bond motifs is 1. The van der Waals surface area contributed by atoms with E-state index in [4.69, 9.17) is 0 Å². The van der Waals surface area contributed by atoms with E-state index in [1.54, 1.807) is 24.3 Å². The topological polar surface area (TPSA) is 57.7 Å². The maximum Gasteiger partial charge on any atom is 0.304 e. The molecule has 3 rings (SSSR count). The first kappa shape index (κ1) is 12.6. The quantitative estimate of drug-likeness (QED) is 0.823. The minimum Gasteiger partial charge on any atom is -0.294 e. The van der Waals surface area contributed by atoms with Gasteiger partial charge in [0.1, 0.15) is 0 Å². The molecule has 2 aliphatic rings. The molecule has 1 saturated heterocycles. The van der Waals surface area contributed by atoms with Crippen LogP contribution in [0, 0.1) is 0 Å². The number of nitrogens with zero attached hydrogens (tertiary/aromatic N) is 2. The molecule has 1 aromatic carbocycles. The van der Waals surface area contributed by atoms with E-state index in [-0.39, 0.29) is 18.7 Å². The monoisotopic (exact) mass is 280 g/mol. The van der Waals surface area contributed by atoms with Gasteiger partial charge in [0, 0.05) is 31.6 Å². The number of ketones is 1. The molecule has 0 spiro atoms. The molecule has 1 fully saturated rings. The highest BCUT2D eigenvalue weighted by Crippen LogP contribution is 2.31. The van der Waals surface area contributed by atoms with Gasteiger partial charge in [-0.25, -0.2) is 0 Å². The second-order valence-electron chi connectivity index (χ2n) is 4.88. The van der Waals surface area contributed by atoms with Crippen molar-refractivity contribution < 1.29 is 13.2 Å². The molecule has 19 heavy (non-hydrogen) atoms. The predicted molar refractivity (Wildman–Crippen MR) is 72.5 cm³/mol. The molecule has 1 aromatic rings. The van der Waals surface area contributed by atoms with Crippen LogP contribution < -0.4 is 4.31 Å². The number of anilines is 1. The highest BCUT2D eigenvalue weighted by atomic mass is 32.2. The van der Waals surface area contributed by atoms with E-state index >= 15 is 0 Å². The summed E-state index contributed by atoms with van der Waals surface area (Å²) < 4.78 is 28.1. The number of rotatable bonds is 2. The van der Waals surface area contributed by atoms with Crippen LogP contribution in [0.5, 0.6) is 0 Å². The summed E-state index contributed by atoms with van der Waals surface area (Å²) in [6, 6.07) is 6.94. The molecule has 2 heterocycles. The summed E-state index contributed by atoms with van der Waals surface area (Å²) in [6.45, 7) is 1.40. The van der Waals surface area contributed by atoms with E-state index < -0.39 is 10.2 Å². The highest BCUT2D eigenvalue weighted by molar-refractivity contribution is 7.90. The Bertz CT molecular complexity index is 606. The van der Waals surface area contributed by atoms with Gasteiger partial charge in [0.25, 0.3) is 0 Å². The van der Waals surface area contributed by atoms with E-state index in [1.165, 1.54) is 8.61 Å². The molecule has 5 nitrogen and oxygen atoms in total. The van der Waals surface area contributed by atoms with Gasteiger partial charge in [0.2, 0.25) is 0 Å². The summed E-state index contributed by atoms with van der Waals surface area (Å²) in [6.07, 6.45) is 2.07. The van der Waals surface area contributed by atoms with Crippen LogP contribution in [0.3, 0.4) is 0 Å². The van der Waals surface area contributed by atoms with Gasteiger partial charge in [0.15, 0.2) is 5.78 Å². The van der Waals surface area contributed by atoms with Crippen LogP contribution in [-0.4, -0.2) is 38.1 Å². The Morgan fingerprint density at radius 3 is 2.42 bits per heavy atom. The van der Waals surface area contributed by atoms with Crippen molar-refractivity contribution in [3.8, 4) is 0 Å². The first-order valence-corrected chi connectivity index (χ1v) is 7.90. The average Bonchev–Trinajstić information content (AvgIpc) is 2.94. The van der Waals surface area contributed by atoms with E-state index in [0.29, 0.717) is 24.3 Å². The van der Waals surface area contributed by atoms with Crippen molar-refractivity contribution >= 4 is 21.7 Å². The van der Waals surface area contributed by atoms with Crippen molar-refractivity contribution in [2.75, 3.05) is 23.9 Å². The molecule has 0 aromatic heterocycles. The summed E-state index contributed by atoms with van der Waals surface area (Å²) in [7, 11) is -3.48. The van der Waals surface area contributed by atoms with Crippen molar-refractivity contribution in [3.63, 3.8) is 0 Å². The Morgan fingerprint density at radius 1 is 1.00 bits per heavy atom. The van der Waals surface area contributed by atoms with Crippen LogP contribution in [0.1, 0.15) is 29.6 Å². The zero-order chi connectivity index (χ0) is 13.5. The molecule has 2 aliphatic heterocycles. The van der Waals surface area contributed by atoms with Crippen molar-refractivity contribution in [1.29, 1.82) is 0 Å². The zero-order valence-corrected chi connectivity index (χ0v) is 11.4. The largest absolute Gasteiger partial charge is 0.304 e. The van der Waals surface area contributed by atoms with Crippen LogP contribution >= 0.6 is 0 Å². The van der Waals surface area contributed by atoms with Gasteiger partial charge in [-0.2, -0.15) is 12.7 Å². The molecule has 102 valence electrons. The lowest BCUT2D eigenvalue weighted by atomic mass is 10.0. The molecule has 0 bridgehead atoms. The second kappa shape index (κ2) is 4.61. The Labute approximate surface area is 113 Å². The van der Waals surface area contributed by atoms with Crippen LogP contribution in [-0.2, 0) is 10.2 Å². The van der Waals surface area contributed by atoms with Gasteiger partial charge in [-0.05, 0) is 25.0 Å². The maximum atomic E-state index is 12.6. The molecule has 0 atom stereocenters. The number of hydrogen-bond acceptors (Lipinski definition) is 3. The lowest BCUT2D eigenvalue weighted by Crippen LogP contribution is -2.45. The normalized spacial score (nSPS) is 20.6. The van der Waals surface area contributed by atoms with Crippen LogP contribution in [0.25, 0.3) is 0 Å². The Hall–Kier alpha value is -1.40. The fourth-order valence-corrected chi connectivity index (χ4v) is 4.41. The van der Waals surface area contributed by atoms with Crippen molar-refractivity contribution in [3.05, 3.63) is 29.8 Å². The lowest BCUT2D eigenvalue weighted by Gasteiger charge is -2.32. The third-order valence-corrected chi connectivity index (χ3v) is 5.64. The van der Waals surface area contributed by atoms with Gasteiger partial charge < -0.3 is 0 Å². The first-order chi connectivity index (χ1) is 9.10. The Kier molecular flexibility index (Phi) is 3.06. The summed E-state index contributed by atoms with van der Waals surface area (Å²) in [5, 5.41) is 0. The van der Waals surface area contributed by atoms with Crippen LogP contribution in [0.2, 0.25) is 0 Å². The average molecular weight is 280 g/mol. The molecule has 0 N–H and O–H groups in total. The third-order valence-electron chi connectivity index (χ3n) is 3.68. The minimum absolute atomic E-state index is 0.0171. The standard InChI is InChI=1S/C13H16N2O3S/c16-13-7-10-15(12-6-2-1-5-11(12)13)19(17,18)14-8-3-4-9-14/h1-2,5-6H,3-4,7-10H2. The number of carbonyl (C=O) groups excluding carboxylic acids is 1. The second-order valence-corrected chi connectivity index (χ2v) is 6.73. The van der Waals surface area contributed by atoms with Crippen molar-refractivity contribution in [1.82, 2.24) is 4.31 Å². The Morgan fingerprint density at radius 2 is 1.68 bits per heavy atom. The smallest absolute Gasteiger partial charge is 0.294 e. The summed E-state index contributed by atoms with van der Waals surface area (Å²) in [5.41, 5.74) is 1.03. The van der Waals surface area contributed by atoms with Gasteiger partial charge in [0.05, 0.1) is 5.69 Å². The van der Waals surface area contributed by atoms with Crippen molar-refractivity contribution in [2.45, 2.75) is 19.3 Å². The highest BCUT2D eigenvalue weighted by Gasteiger charge is 2.36. The fourth-order valence-electron chi connectivity index (χ4n) is 2.68. The minimum atomic E-state index is -3.48. The van der Waals surface area contributed by atoms with E-state index in [2.05, 4.69) is 0 Å². The van der Waals surface area contributed by atoms with E-state index in [9.17, 15) is 13.2 Å². The molecular formula is C13H16N2O3S. The Balaban J connectivity index is 2.03. The van der Waals surface area contributed by atoms with Crippen molar-refractivity contribution in [2.24, 2.45) is 0 Å². The molecule has 0 unspecified atom stereocenters. The molecule has 0 saturated carbocycles. The number of Topliss-reactive ketones (excluding diaryl/α,β-unsaturated/α-hetero) is 1. The third kappa shape index (κ3) is 2.04. The fraction of sp³-hybridized carbons (Fsp3) is 0.462. The van der Waals surface area contributed by atoms with Gasteiger partial charge in [-0.3, -0.25) is 9.10 Å². The molecule has 0 aliphatic carbocycles. The van der Waals surface area contributed by atoms with Crippen LogP contribution in [0.4, 0.5) is 5.69 Å².